The molecule has 0 saturated heterocycles. The summed E-state index contributed by atoms with van der Waals surface area (Å²) < 4.78 is 33.7. The lowest BCUT2D eigenvalue weighted by atomic mass is 10.1. The Balaban J connectivity index is 1.63. The molecule has 0 aliphatic carbocycles. The first kappa shape index (κ1) is 18.3. The highest BCUT2D eigenvalue weighted by Gasteiger charge is 2.16. The molecule has 0 amide bonds. The smallest absolute Gasteiger partial charge is 0.263 e. The van der Waals surface area contributed by atoms with Gasteiger partial charge in [-0.3, -0.25) is 4.72 Å². The van der Waals surface area contributed by atoms with Gasteiger partial charge in [0.1, 0.15) is 5.75 Å². The Kier molecular flexibility index (Phi) is 4.66. The fourth-order valence-corrected chi connectivity index (χ4v) is 4.89. The monoisotopic (exact) mass is 411 g/mol. The second-order valence-electron chi connectivity index (χ2n) is 6.10. The summed E-state index contributed by atoms with van der Waals surface area (Å²) in [7, 11) is -2.09. The predicted molar refractivity (Wildman–Crippen MR) is 113 cm³/mol. The summed E-state index contributed by atoms with van der Waals surface area (Å²) >= 11 is 1.29. The van der Waals surface area contributed by atoms with Crippen LogP contribution >= 0.6 is 11.3 Å². The number of aromatic nitrogens is 1. The minimum absolute atomic E-state index is 0.139. The third-order valence-electron chi connectivity index (χ3n) is 4.22. The number of nitrogens with two attached hydrogens (primary N) is 1. The minimum Gasteiger partial charge on any atom is -0.497 e. The van der Waals surface area contributed by atoms with E-state index in [1.807, 2.05) is 42.5 Å². The first-order valence-electron chi connectivity index (χ1n) is 8.38. The van der Waals surface area contributed by atoms with E-state index in [2.05, 4.69) is 9.71 Å². The van der Waals surface area contributed by atoms with E-state index >= 15 is 0 Å². The second-order valence-corrected chi connectivity index (χ2v) is 8.82. The number of nitrogen functional groups attached to an aromatic ring is 1. The molecule has 0 aliphatic rings. The van der Waals surface area contributed by atoms with Crippen LogP contribution in [-0.2, 0) is 10.0 Å². The van der Waals surface area contributed by atoms with Crippen LogP contribution in [0.2, 0.25) is 0 Å². The number of sulfonamides is 1. The number of methoxy groups -OCH3 is 1. The number of fused-ring (bicyclic) bond motifs is 1. The number of benzene rings is 3. The van der Waals surface area contributed by atoms with E-state index < -0.39 is 10.0 Å². The van der Waals surface area contributed by atoms with E-state index in [4.69, 9.17) is 10.5 Å². The summed E-state index contributed by atoms with van der Waals surface area (Å²) in [5.74, 6) is 0.793. The second kappa shape index (κ2) is 7.14. The summed E-state index contributed by atoms with van der Waals surface area (Å²) in [5.41, 5.74) is 8.92. The number of rotatable bonds is 5. The van der Waals surface area contributed by atoms with Crippen LogP contribution in [0, 0.1) is 0 Å². The van der Waals surface area contributed by atoms with Gasteiger partial charge in [-0.2, -0.15) is 0 Å². The Hall–Kier alpha value is -3.10. The van der Waals surface area contributed by atoms with Gasteiger partial charge < -0.3 is 10.5 Å². The Morgan fingerprint density at radius 1 is 0.964 bits per heavy atom. The molecule has 0 atom stereocenters. The number of hydrogen-bond donors (Lipinski definition) is 2. The quantitative estimate of drug-likeness (QED) is 0.476. The molecule has 1 heterocycles. The zero-order valence-electron chi connectivity index (χ0n) is 14.9. The molecule has 0 fully saturated rings. The lowest BCUT2D eigenvalue weighted by Gasteiger charge is -2.04. The molecular formula is C20H17N3O3S2. The third kappa shape index (κ3) is 3.64. The maximum Gasteiger partial charge on any atom is 0.263 e. The Morgan fingerprint density at radius 2 is 1.64 bits per heavy atom. The maximum atomic E-state index is 12.5. The molecular weight excluding hydrogens is 394 g/mol. The van der Waals surface area contributed by atoms with Crippen LogP contribution in [0.25, 0.3) is 21.3 Å². The fraction of sp³-hybridized carbons (Fsp3) is 0.0500. The number of nitrogens with one attached hydrogen (secondary N) is 1. The Morgan fingerprint density at radius 3 is 2.32 bits per heavy atom. The van der Waals surface area contributed by atoms with Crippen molar-refractivity contribution in [3.63, 3.8) is 0 Å². The molecule has 0 spiro atoms. The largest absolute Gasteiger partial charge is 0.497 e. The normalized spacial score (nSPS) is 11.5. The number of thiazole rings is 1. The van der Waals surface area contributed by atoms with E-state index in [9.17, 15) is 8.42 Å². The summed E-state index contributed by atoms with van der Waals surface area (Å²) in [6.45, 7) is 0. The van der Waals surface area contributed by atoms with Crippen LogP contribution in [0.5, 0.6) is 5.75 Å². The molecule has 3 aromatic carbocycles. The Bertz CT molecular complexity index is 1230. The average Bonchev–Trinajstić information content (AvgIpc) is 3.09. The first-order chi connectivity index (χ1) is 13.4. The van der Waals surface area contributed by atoms with Gasteiger partial charge in [0.25, 0.3) is 10.0 Å². The van der Waals surface area contributed by atoms with Crippen LogP contribution in [0.15, 0.2) is 71.6 Å². The molecule has 4 aromatic rings. The molecule has 142 valence electrons. The number of hydrogen-bond acceptors (Lipinski definition) is 6. The van der Waals surface area contributed by atoms with Crippen LogP contribution < -0.4 is 15.2 Å². The van der Waals surface area contributed by atoms with Gasteiger partial charge in [-0.15, -0.1) is 0 Å². The first-order valence-corrected chi connectivity index (χ1v) is 10.7. The zero-order chi connectivity index (χ0) is 19.7. The molecule has 0 bridgehead atoms. The molecule has 0 saturated carbocycles. The van der Waals surface area contributed by atoms with E-state index in [-0.39, 0.29) is 4.90 Å². The van der Waals surface area contributed by atoms with Crippen LogP contribution in [-0.4, -0.2) is 20.5 Å². The van der Waals surface area contributed by atoms with Gasteiger partial charge in [-0.05, 0) is 59.7 Å². The van der Waals surface area contributed by atoms with Crippen molar-refractivity contribution in [3.05, 3.63) is 66.7 Å². The van der Waals surface area contributed by atoms with Crippen molar-refractivity contribution in [1.29, 1.82) is 0 Å². The lowest BCUT2D eigenvalue weighted by molar-refractivity contribution is 0.415. The van der Waals surface area contributed by atoms with E-state index in [0.29, 0.717) is 10.8 Å². The van der Waals surface area contributed by atoms with Gasteiger partial charge in [0.2, 0.25) is 0 Å². The molecule has 4 rings (SSSR count). The average molecular weight is 412 g/mol. The van der Waals surface area contributed by atoms with E-state index in [1.54, 1.807) is 19.2 Å². The molecule has 6 nitrogen and oxygen atoms in total. The van der Waals surface area contributed by atoms with Crippen LogP contribution in [0.3, 0.4) is 0 Å². The standard InChI is InChI=1S/C20H17N3O3S2/c1-26-16-7-2-13(3-8-16)14-4-11-18-19(12-14)27-20(22-18)23-28(24,25)17-9-5-15(21)6-10-17/h2-12H,21H2,1H3,(H,22,23). The molecule has 28 heavy (non-hydrogen) atoms. The minimum atomic E-state index is -3.72. The third-order valence-corrected chi connectivity index (χ3v) is 6.64. The highest BCUT2D eigenvalue weighted by molar-refractivity contribution is 7.93. The van der Waals surface area contributed by atoms with E-state index in [0.717, 1.165) is 27.1 Å². The molecule has 0 aliphatic heterocycles. The SMILES string of the molecule is COc1ccc(-c2ccc3nc(NS(=O)(=O)c4ccc(N)cc4)sc3c2)cc1. The van der Waals surface area contributed by atoms with Crippen LogP contribution in [0.4, 0.5) is 10.8 Å². The molecule has 8 heteroatoms. The summed E-state index contributed by atoms with van der Waals surface area (Å²) in [6.07, 6.45) is 0. The molecule has 1 aromatic heterocycles. The predicted octanol–water partition coefficient (Wildman–Crippen LogP) is 4.35. The van der Waals surface area contributed by atoms with Crippen molar-refractivity contribution in [2.45, 2.75) is 4.90 Å². The number of ether oxygens (including phenoxy) is 1. The lowest BCUT2D eigenvalue weighted by Crippen LogP contribution is -2.12. The Labute approximate surface area is 166 Å². The highest BCUT2D eigenvalue weighted by Crippen LogP contribution is 2.32. The van der Waals surface area contributed by atoms with Gasteiger partial charge in [0.15, 0.2) is 5.13 Å². The number of nitrogens with zero attached hydrogens (tertiary/aromatic N) is 1. The fourth-order valence-electron chi connectivity index (χ4n) is 2.75. The van der Waals surface area contributed by atoms with Crippen molar-refractivity contribution in [2.24, 2.45) is 0 Å². The highest BCUT2D eigenvalue weighted by atomic mass is 32.2. The zero-order valence-corrected chi connectivity index (χ0v) is 16.5. The van der Waals surface area contributed by atoms with Crippen molar-refractivity contribution < 1.29 is 13.2 Å². The van der Waals surface area contributed by atoms with Gasteiger partial charge in [0, 0.05) is 5.69 Å². The van der Waals surface area contributed by atoms with Crippen molar-refractivity contribution >= 4 is 42.4 Å². The van der Waals surface area contributed by atoms with Gasteiger partial charge >= 0.3 is 0 Å². The molecule has 3 N–H and O–H groups in total. The van der Waals surface area contributed by atoms with Crippen LogP contribution in [0.1, 0.15) is 0 Å². The summed E-state index contributed by atoms with van der Waals surface area (Å²) in [5, 5.41) is 0.318. The molecule has 0 unspecified atom stereocenters. The van der Waals surface area contributed by atoms with Crippen molar-refractivity contribution in [2.75, 3.05) is 17.6 Å². The van der Waals surface area contributed by atoms with Gasteiger partial charge in [0.05, 0.1) is 22.2 Å². The number of anilines is 2. The summed E-state index contributed by atoms with van der Waals surface area (Å²) in [6, 6.07) is 19.6. The maximum absolute atomic E-state index is 12.5. The van der Waals surface area contributed by atoms with E-state index in [1.165, 1.54) is 23.5 Å². The topological polar surface area (TPSA) is 94.3 Å². The van der Waals surface area contributed by atoms with Crippen molar-refractivity contribution in [1.82, 2.24) is 4.98 Å². The molecule has 0 radical (unpaired) electrons. The van der Waals surface area contributed by atoms with Gasteiger partial charge in [-0.1, -0.05) is 29.5 Å². The van der Waals surface area contributed by atoms with Crippen molar-refractivity contribution in [3.8, 4) is 16.9 Å². The summed E-state index contributed by atoms with van der Waals surface area (Å²) in [4.78, 5) is 4.53. The van der Waals surface area contributed by atoms with Gasteiger partial charge in [-0.25, -0.2) is 13.4 Å².